The van der Waals surface area contributed by atoms with Crippen molar-refractivity contribution < 1.29 is 0 Å². The molecule has 2 nitrogen and oxygen atoms in total. The van der Waals surface area contributed by atoms with Gasteiger partial charge in [-0.05, 0) is 40.8 Å². The van der Waals surface area contributed by atoms with Gasteiger partial charge in [0.2, 0.25) is 0 Å². The minimum absolute atomic E-state index is 0.0658. The van der Waals surface area contributed by atoms with Crippen LogP contribution in [0.4, 0.5) is 0 Å². The van der Waals surface area contributed by atoms with E-state index >= 15 is 0 Å². The molecular formula is C10H8INO. The van der Waals surface area contributed by atoms with Gasteiger partial charge in [-0.25, -0.2) is 0 Å². The molecule has 1 heterocycles. The van der Waals surface area contributed by atoms with Crippen molar-refractivity contribution >= 4 is 33.4 Å². The van der Waals surface area contributed by atoms with Gasteiger partial charge in [-0.1, -0.05) is 6.07 Å². The van der Waals surface area contributed by atoms with Gasteiger partial charge in [0.25, 0.3) is 5.56 Å². The summed E-state index contributed by atoms with van der Waals surface area (Å²) in [5.41, 5.74) is 0.0658. The predicted octanol–water partition coefficient (Wildman–Crippen LogP) is 2.14. The second-order valence-corrected chi connectivity index (χ2v) is 4.10. The van der Waals surface area contributed by atoms with Gasteiger partial charge in [0.1, 0.15) is 0 Å². The predicted molar refractivity (Wildman–Crippen MR) is 61.9 cm³/mol. The molecule has 0 aliphatic rings. The largest absolute Gasteiger partial charge is 0.318 e. The van der Waals surface area contributed by atoms with Crippen LogP contribution in [-0.4, -0.2) is 4.57 Å². The highest BCUT2D eigenvalue weighted by atomic mass is 127. The molecule has 0 saturated heterocycles. The molecule has 3 heteroatoms. The lowest BCUT2D eigenvalue weighted by atomic mass is 10.2. The summed E-state index contributed by atoms with van der Waals surface area (Å²) in [6, 6.07) is 7.74. The Hall–Kier alpha value is -0.840. The molecule has 0 unspecified atom stereocenters. The molecule has 0 bridgehead atoms. The maximum Gasteiger partial charge on any atom is 0.258 e. The fourth-order valence-electron chi connectivity index (χ4n) is 1.34. The van der Waals surface area contributed by atoms with E-state index in [0.717, 1.165) is 14.3 Å². The number of rotatable bonds is 0. The summed E-state index contributed by atoms with van der Waals surface area (Å²) in [4.78, 5) is 11.6. The van der Waals surface area contributed by atoms with Crippen molar-refractivity contribution in [3.8, 4) is 0 Å². The van der Waals surface area contributed by atoms with Gasteiger partial charge < -0.3 is 4.57 Å². The Bertz CT molecular complexity index is 516. The lowest BCUT2D eigenvalue weighted by Gasteiger charge is -2.01. The lowest BCUT2D eigenvalue weighted by molar-refractivity contribution is 0.873. The third-order valence-corrected chi connectivity index (χ3v) is 3.01. The van der Waals surface area contributed by atoms with Gasteiger partial charge in [0.05, 0.1) is 0 Å². The van der Waals surface area contributed by atoms with Crippen LogP contribution in [0.1, 0.15) is 0 Å². The molecule has 66 valence electrons. The fraction of sp³-hybridized carbons (Fsp3) is 0.100. The van der Waals surface area contributed by atoms with Gasteiger partial charge in [-0.2, -0.15) is 0 Å². The van der Waals surface area contributed by atoms with E-state index in [1.165, 1.54) is 0 Å². The van der Waals surface area contributed by atoms with Crippen molar-refractivity contribution in [1.29, 1.82) is 0 Å². The standard InChI is InChI=1S/C10H8INO/c1-12-6-5-7-8(10(12)13)3-2-4-9(7)11/h2-6H,1H3. The van der Waals surface area contributed by atoms with E-state index in [0.29, 0.717) is 0 Å². The summed E-state index contributed by atoms with van der Waals surface area (Å²) in [5, 5.41) is 1.82. The number of halogens is 1. The van der Waals surface area contributed by atoms with Crippen LogP contribution in [0.5, 0.6) is 0 Å². The average molecular weight is 285 g/mol. The highest BCUT2D eigenvalue weighted by Crippen LogP contribution is 2.16. The Kier molecular flexibility index (Phi) is 2.11. The van der Waals surface area contributed by atoms with E-state index in [4.69, 9.17) is 0 Å². The van der Waals surface area contributed by atoms with Crippen molar-refractivity contribution in [3.05, 3.63) is 44.4 Å². The molecule has 0 atom stereocenters. The first-order valence-electron chi connectivity index (χ1n) is 3.94. The molecule has 1 aromatic carbocycles. The van der Waals surface area contributed by atoms with Gasteiger partial charge in [-0.3, -0.25) is 4.79 Å². The van der Waals surface area contributed by atoms with Crippen LogP contribution in [-0.2, 0) is 7.05 Å². The van der Waals surface area contributed by atoms with Crippen LogP contribution in [0.25, 0.3) is 10.8 Å². The van der Waals surface area contributed by atoms with E-state index in [-0.39, 0.29) is 5.56 Å². The van der Waals surface area contributed by atoms with Gasteiger partial charge in [0.15, 0.2) is 0 Å². The zero-order chi connectivity index (χ0) is 9.42. The van der Waals surface area contributed by atoms with Crippen LogP contribution in [0.15, 0.2) is 35.3 Å². The number of benzene rings is 1. The number of hydrogen-bond donors (Lipinski definition) is 0. The molecule has 0 spiro atoms. The molecule has 0 aliphatic heterocycles. The van der Waals surface area contributed by atoms with E-state index < -0.39 is 0 Å². The summed E-state index contributed by atoms with van der Waals surface area (Å²) in [5.74, 6) is 0. The third kappa shape index (κ3) is 1.37. The van der Waals surface area contributed by atoms with Crippen molar-refractivity contribution in [2.45, 2.75) is 0 Å². The minimum atomic E-state index is 0.0658. The zero-order valence-corrected chi connectivity index (χ0v) is 9.28. The number of nitrogens with zero attached hydrogens (tertiary/aromatic N) is 1. The molecular weight excluding hydrogens is 277 g/mol. The van der Waals surface area contributed by atoms with Crippen LogP contribution in [0.3, 0.4) is 0 Å². The van der Waals surface area contributed by atoms with E-state index in [2.05, 4.69) is 22.6 Å². The van der Waals surface area contributed by atoms with Gasteiger partial charge >= 0.3 is 0 Å². The molecule has 0 aliphatic carbocycles. The highest BCUT2D eigenvalue weighted by molar-refractivity contribution is 14.1. The second kappa shape index (κ2) is 3.14. The maximum atomic E-state index is 11.6. The molecule has 2 rings (SSSR count). The zero-order valence-electron chi connectivity index (χ0n) is 7.12. The Morgan fingerprint density at radius 2 is 2.00 bits per heavy atom. The summed E-state index contributed by atoms with van der Waals surface area (Å²) in [6.45, 7) is 0. The third-order valence-electron chi connectivity index (χ3n) is 2.07. The van der Waals surface area contributed by atoms with E-state index in [9.17, 15) is 4.79 Å². The minimum Gasteiger partial charge on any atom is -0.318 e. The van der Waals surface area contributed by atoms with Crippen molar-refractivity contribution in [3.63, 3.8) is 0 Å². The smallest absolute Gasteiger partial charge is 0.258 e. The number of hydrogen-bond acceptors (Lipinski definition) is 1. The van der Waals surface area contributed by atoms with Crippen LogP contribution >= 0.6 is 22.6 Å². The van der Waals surface area contributed by atoms with Crippen molar-refractivity contribution in [2.75, 3.05) is 0 Å². The summed E-state index contributed by atoms with van der Waals surface area (Å²) >= 11 is 2.24. The molecule has 13 heavy (non-hydrogen) atoms. The molecule has 0 fully saturated rings. The SMILES string of the molecule is Cn1ccc2c(I)cccc2c1=O. The molecule has 0 N–H and O–H groups in total. The number of fused-ring (bicyclic) bond motifs is 1. The van der Waals surface area contributed by atoms with Gasteiger partial charge in [0, 0.05) is 27.6 Å². The Balaban J connectivity index is 3.03. The van der Waals surface area contributed by atoms with Crippen LogP contribution < -0.4 is 5.56 Å². The van der Waals surface area contributed by atoms with Crippen molar-refractivity contribution in [2.24, 2.45) is 7.05 Å². The summed E-state index contributed by atoms with van der Waals surface area (Å²) < 4.78 is 2.71. The lowest BCUT2D eigenvalue weighted by Crippen LogP contribution is -2.15. The highest BCUT2D eigenvalue weighted by Gasteiger charge is 2.01. The molecule has 2 aromatic rings. The first-order valence-corrected chi connectivity index (χ1v) is 5.02. The Labute approximate surface area is 89.3 Å². The van der Waals surface area contributed by atoms with Crippen LogP contribution in [0.2, 0.25) is 0 Å². The van der Waals surface area contributed by atoms with Crippen LogP contribution in [0, 0.1) is 3.57 Å². The topological polar surface area (TPSA) is 22.0 Å². The maximum absolute atomic E-state index is 11.6. The fourth-order valence-corrected chi connectivity index (χ4v) is 2.01. The number of pyridine rings is 1. The van der Waals surface area contributed by atoms with E-state index in [1.807, 2.05) is 24.3 Å². The normalized spacial score (nSPS) is 10.6. The van der Waals surface area contributed by atoms with E-state index in [1.54, 1.807) is 17.8 Å². The second-order valence-electron chi connectivity index (χ2n) is 2.93. The molecule has 0 saturated carbocycles. The molecule has 0 amide bonds. The Morgan fingerprint density at radius 3 is 2.77 bits per heavy atom. The molecule has 0 radical (unpaired) electrons. The average Bonchev–Trinajstić information content (AvgIpc) is 2.12. The quantitative estimate of drug-likeness (QED) is 0.680. The van der Waals surface area contributed by atoms with Gasteiger partial charge in [-0.15, -0.1) is 0 Å². The first-order chi connectivity index (χ1) is 6.20. The monoisotopic (exact) mass is 285 g/mol. The first kappa shape index (κ1) is 8.74. The number of aromatic nitrogens is 1. The van der Waals surface area contributed by atoms with Crippen molar-refractivity contribution in [1.82, 2.24) is 4.57 Å². The number of aryl methyl sites for hydroxylation is 1. The summed E-state index contributed by atoms with van der Waals surface area (Å²) in [6.07, 6.45) is 1.80. The Morgan fingerprint density at radius 1 is 1.23 bits per heavy atom. The summed E-state index contributed by atoms with van der Waals surface area (Å²) in [7, 11) is 1.77. The molecule has 1 aromatic heterocycles.